The summed E-state index contributed by atoms with van der Waals surface area (Å²) >= 11 is 5.65. The van der Waals surface area contributed by atoms with E-state index in [4.69, 9.17) is 16.3 Å². The fourth-order valence-corrected chi connectivity index (χ4v) is 2.56. The van der Waals surface area contributed by atoms with E-state index in [1.807, 2.05) is 27.7 Å². The Bertz CT molecular complexity index is 431. The number of ether oxygens (including phenoxy) is 1. The van der Waals surface area contributed by atoms with Crippen molar-refractivity contribution in [2.45, 2.75) is 52.6 Å². The van der Waals surface area contributed by atoms with Crippen LogP contribution in [0.2, 0.25) is 0 Å². The number of carbonyl (C=O) groups excluding carboxylic acids is 1. The van der Waals surface area contributed by atoms with E-state index in [0.29, 0.717) is 32.4 Å². The van der Waals surface area contributed by atoms with E-state index in [2.05, 4.69) is 0 Å². The van der Waals surface area contributed by atoms with Crippen molar-refractivity contribution in [3.05, 3.63) is 11.1 Å². The molecule has 1 rings (SSSR count). The Hall–Kier alpha value is -1.23. The fraction of sp³-hybridized carbons (Fsp3) is 0.733. The number of halogens is 1. The van der Waals surface area contributed by atoms with Crippen LogP contribution in [0.4, 0.5) is 4.79 Å². The summed E-state index contributed by atoms with van der Waals surface area (Å²) in [6.45, 7) is 8.02. The van der Waals surface area contributed by atoms with Gasteiger partial charge < -0.3 is 14.7 Å². The first-order valence-corrected chi connectivity index (χ1v) is 7.50. The quantitative estimate of drug-likeness (QED) is 0.863. The molecule has 0 aromatic rings. The molecule has 0 bridgehead atoms. The van der Waals surface area contributed by atoms with Gasteiger partial charge in [-0.1, -0.05) is 17.2 Å². The standard InChI is InChI=1S/C15H24ClNO4/c1-11(10-16)9-15(12(18)19)5-7-17(8-6-15)13(20)21-14(2,3)4/h10H,5-9H2,1-4H3,(H,18,19). The molecule has 0 unspecified atom stereocenters. The number of nitrogens with zero attached hydrogens (tertiary/aromatic N) is 1. The molecule has 1 aliphatic rings. The SMILES string of the molecule is CC(=CCl)CC1(C(=O)O)CCN(C(=O)OC(C)(C)C)CC1. The molecule has 0 aromatic carbocycles. The van der Waals surface area contributed by atoms with Crippen molar-refractivity contribution in [2.24, 2.45) is 5.41 Å². The molecule has 0 aliphatic carbocycles. The molecular weight excluding hydrogens is 294 g/mol. The van der Waals surface area contributed by atoms with E-state index >= 15 is 0 Å². The minimum Gasteiger partial charge on any atom is -0.481 e. The number of amides is 1. The van der Waals surface area contributed by atoms with Gasteiger partial charge in [-0.25, -0.2) is 4.79 Å². The number of piperidine rings is 1. The number of carboxylic acids is 1. The van der Waals surface area contributed by atoms with E-state index < -0.39 is 17.0 Å². The predicted molar refractivity (Wildman–Crippen MR) is 81.3 cm³/mol. The summed E-state index contributed by atoms with van der Waals surface area (Å²) in [5.41, 5.74) is 0.875. The third-order valence-electron chi connectivity index (χ3n) is 3.63. The van der Waals surface area contributed by atoms with Gasteiger partial charge in [-0.3, -0.25) is 4.79 Å². The zero-order chi connectivity index (χ0) is 16.3. The molecule has 0 aromatic heterocycles. The molecule has 1 heterocycles. The van der Waals surface area contributed by atoms with Crippen molar-refractivity contribution in [1.29, 1.82) is 0 Å². The van der Waals surface area contributed by atoms with Crippen LogP contribution in [-0.2, 0) is 9.53 Å². The average Bonchev–Trinajstić information content (AvgIpc) is 2.37. The molecule has 0 spiro atoms. The normalized spacial score (nSPS) is 19.3. The Balaban J connectivity index is 2.71. The maximum absolute atomic E-state index is 12.0. The van der Waals surface area contributed by atoms with Crippen LogP contribution in [0.3, 0.4) is 0 Å². The monoisotopic (exact) mass is 317 g/mol. The molecule has 1 saturated heterocycles. The second-order valence-corrected chi connectivity index (χ2v) is 6.90. The van der Waals surface area contributed by atoms with Gasteiger partial charge in [-0.2, -0.15) is 0 Å². The maximum atomic E-state index is 12.0. The number of allylic oxidation sites excluding steroid dienone is 1. The van der Waals surface area contributed by atoms with Gasteiger partial charge in [0.2, 0.25) is 0 Å². The Kier molecular flexibility index (Phi) is 5.68. The van der Waals surface area contributed by atoms with Crippen LogP contribution in [-0.4, -0.2) is 40.8 Å². The number of likely N-dealkylation sites (tertiary alicyclic amines) is 1. The predicted octanol–water partition coefficient (Wildman–Crippen LogP) is 3.62. The summed E-state index contributed by atoms with van der Waals surface area (Å²) < 4.78 is 5.32. The van der Waals surface area contributed by atoms with E-state index in [1.54, 1.807) is 4.90 Å². The van der Waals surface area contributed by atoms with Gasteiger partial charge in [0, 0.05) is 18.6 Å². The van der Waals surface area contributed by atoms with Crippen molar-refractivity contribution in [3.8, 4) is 0 Å². The molecular formula is C15H24ClNO4. The highest BCUT2D eigenvalue weighted by Gasteiger charge is 2.43. The third-order valence-corrected chi connectivity index (χ3v) is 4.00. The lowest BCUT2D eigenvalue weighted by Crippen LogP contribution is -2.48. The molecule has 21 heavy (non-hydrogen) atoms. The number of aliphatic carboxylic acids is 1. The third kappa shape index (κ3) is 4.92. The van der Waals surface area contributed by atoms with Gasteiger partial charge >= 0.3 is 12.1 Å². The van der Waals surface area contributed by atoms with Gasteiger partial charge in [0.05, 0.1) is 5.41 Å². The van der Waals surface area contributed by atoms with Gasteiger partial charge in [0.1, 0.15) is 5.60 Å². The molecule has 1 amide bonds. The molecule has 120 valence electrons. The van der Waals surface area contributed by atoms with Crippen LogP contribution in [0.1, 0.15) is 47.0 Å². The van der Waals surface area contributed by atoms with Crippen molar-refractivity contribution >= 4 is 23.7 Å². The molecule has 0 atom stereocenters. The summed E-state index contributed by atoms with van der Waals surface area (Å²) in [6.07, 6.45) is 0.840. The number of hydrogen-bond donors (Lipinski definition) is 1. The lowest BCUT2D eigenvalue weighted by molar-refractivity contribution is -0.152. The average molecular weight is 318 g/mol. The van der Waals surface area contributed by atoms with E-state index in [1.165, 1.54) is 5.54 Å². The first-order valence-electron chi connectivity index (χ1n) is 7.07. The van der Waals surface area contributed by atoms with Crippen LogP contribution in [0.25, 0.3) is 0 Å². The maximum Gasteiger partial charge on any atom is 0.410 e. The first kappa shape index (κ1) is 17.8. The smallest absolute Gasteiger partial charge is 0.410 e. The second-order valence-electron chi connectivity index (χ2n) is 6.69. The van der Waals surface area contributed by atoms with Crippen molar-refractivity contribution in [1.82, 2.24) is 4.90 Å². The molecule has 0 saturated carbocycles. The topological polar surface area (TPSA) is 66.8 Å². The van der Waals surface area contributed by atoms with Crippen LogP contribution in [0, 0.1) is 5.41 Å². The van der Waals surface area contributed by atoms with Crippen LogP contribution in [0.5, 0.6) is 0 Å². The summed E-state index contributed by atoms with van der Waals surface area (Å²) in [4.78, 5) is 25.2. The molecule has 6 heteroatoms. The Morgan fingerprint density at radius 1 is 1.33 bits per heavy atom. The van der Waals surface area contributed by atoms with Crippen molar-refractivity contribution < 1.29 is 19.4 Å². The summed E-state index contributed by atoms with van der Waals surface area (Å²) in [5, 5.41) is 9.54. The number of carboxylic acid groups (broad SMARTS) is 1. The molecule has 1 fully saturated rings. The highest BCUT2D eigenvalue weighted by Crippen LogP contribution is 2.38. The minimum atomic E-state index is -0.839. The van der Waals surface area contributed by atoms with E-state index in [-0.39, 0.29) is 6.09 Å². The number of rotatable bonds is 3. The van der Waals surface area contributed by atoms with E-state index in [0.717, 1.165) is 5.57 Å². The number of hydrogen-bond acceptors (Lipinski definition) is 3. The highest BCUT2D eigenvalue weighted by molar-refractivity contribution is 6.25. The lowest BCUT2D eigenvalue weighted by Gasteiger charge is -2.39. The molecule has 0 radical (unpaired) electrons. The van der Waals surface area contributed by atoms with Crippen molar-refractivity contribution in [3.63, 3.8) is 0 Å². The summed E-state index contributed by atoms with van der Waals surface area (Å²) in [7, 11) is 0. The second kappa shape index (κ2) is 6.69. The Morgan fingerprint density at radius 3 is 2.24 bits per heavy atom. The van der Waals surface area contributed by atoms with Crippen LogP contribution in [0.15, 0.2) is 11.1 Å². The van der Waals surface area contributed by atoms with E-state index in [9.17, 15) is 14.7 Å². The minimum absolute atomic E-state index is 0.383. The fourth-order valence-electron chi connectivity index (χ4n) is 2.48. The van der Waals surface area contributed by atoms with Crippen LogP contribution >= 0.6 is 11.6 Å². The summed E-state index contributed by atoms with van der Waals surface area (Å²) in [6, 6.07) is 0. The highest BCUT2D eigenvalue weighted by atomic mass is 35.5. The zero-order valence-corrected chi connectivity index (χ0v) is 13.9. The Labute approximate surface area is 130 Å². The van der Waals surface area contributed by atoms with Gasteiger partial charge in [0.25, 0.3) is 0 Å². The molecule has 1 N–H and O–H groups in total. The van der Waals surface area contributed by atoms with Gasteiger partial charge in [-0.05, 0) is 47.0 Å². The zero-order valence-electron chi connectivity index (χ0n) is 13.1. The van der Waals surface area contributed by atoms with Crippen LogP contribution < -0.4 is 0 Å². The first-order chi connectivity index (χ1) is 9.59. The molecule has 5 nitrogen and oxygen atoms in total. The largest absolute Gasteiger partial charge is 0.481 e. The van der Waals surface area contributed by atoms with Gasteiger partial charge in [-0.15, -0.1) is 0 Å². The number of carbonyl (C=O) groups is 2. The van der Waals surface area contributed by atoms with Crippen molar-refractivity contribution in [2.75, 3.05) is 13.1 Å². The summed E-state index contributed by atoms with van der Waals surface area (Å²) in [5.74, 6) is -0.829. The lowest BCUT2D eigenvalue weighted by atomic mass is 9.74. The van der Waals surface area contributed by atoms with Gasteiger partial charge in [0.15, 0.2) is 0 Å². The Morgan fingerprint density at radius 2 is 1.86 bits per heavy atom. The molecule has 1 aliphatic heterocycles.